The third-order valence-corrected chi connectivity index (χ3v) is 4.04. The molecule has 0 saturated heterocycles. The molecule has 0 aromatic heterocycles. The van der Waals surface area contributed by atoms with E-state index in [1.54, 1.807) is 0 Å². The van der Waals surface area contributed by atoms with E-state index in [0.29, 0.717) is 5.56 Å². The number of nitriles is 1. The zero-order valence-electron chi connectivity index (χ0n) is 11.3. The molecule has 21 heavy (non-hydrogen) atoms. The summed E-state index contributed by atoms with van der Waals surface area (Å²) in [6.45, 7) is 0. The van der Waals surface area contributed by atoms with E-state index in [2.05, 4.69) is 77.2 Å². The van der Waals surface area contributed by atoms with Gasteiger partial charge < -0.3 is 0 Å². The summed E-state index contributed by atoms with van der Waals surface area (Å²) in [4.78, 5) is 0. The van der Waals surface area contributed by atoms with Gasteiger partial charge in [0, 0.05) is 3.57 Å². The van der Waals surface area contributed by atoms with Crippen molar-refractivity contribution >= 4 is 22.6 Å². The van der Waals surface area contributed by atoms with Crippen LogP contribution in [0.1, 0.15) is 5.56 Å². The van der Waals surface area contributed by atoms with Crippen molar-refractivity contribution in [1.29, 1.82) is 5.26 Å². The van der Waals surface area contributed by atoms with Gasteiger partial charge in [-0.25, -0.2) is 0 Å². The van der Waals surface area contributed by atoms with Gasteiger partial charge in [0.2, 0.25) is 0 Å². The summed E-state index contributed by atoms with van der Waals surface area (Å²) in [5.74, 6) is 0. The molecule has 0 aliphatic heterocycles. The van der Waals surface area contributed by atoms with Gasteiger partial charge >= 0.3 is 0 Å². The largest absolute Gasteiger partial charge is 0.192 e. The van der Waals surface area contributed by atoms with Crippen LogP contribution in [0.2, 0.25) is 0 Å². The Morgan fingerprint density at radius 3 is 1.86 bits per heavy atom. The molecule has 0 heterocycles. The first kappa shape index (κ1) is 13.8. The summed E-state index contributed by atoms with van der Waals surface area (Å²) in [7, 11) is 0. The first-order chi connectivity index (χ1) is 10.3. The third-order valence-electron chi connectivity index (χ3n) is 3.37. The van der Waals surface area contributed by atoms with Crippen molar-refractivity contribution in [2.45, 2.75) is 0 Å². The number of hydrogen-bond donors (Lipinski definition) is 0. The van der Waals surface area contributed by atoms with Crippen molar-refractivity contribution in [2.75, 3.05) is 0 Å². The van der Waals surface area contributed by atoms with Crippen LogP contribution in [0.3, 0.4) is 0 Å². The van der Waals surface area contributed by atoms with Gasteiger partial charge in [-0.15, -0.1) is 0 Å². The molecule has 0 spiro atoms. The van der Waals surface area contributed by atoms with Crippen LogP contribution >= 0.6 is 22.6 Å². The van der Waals surface area contributed by atoms with E-state index in [9.17, 15) is 0 Å². The Kier molecular flexibility index (Phi) is 4.03. The van der Waals surface area contributed by atoms with Crippen LogP contribution in [0.5, 0.6) is 0 Å². The van der Waals surface area contributed by atoms with Crippen LogP contribution in [0, 0.1) is 14.9 Å². The lowest BCUT2D eigenvalue weighted by molar-refractivity contribution is 1.48. The fourth-order valence-electron chi connectivity index (χ4n) is 2.28. The molecule has 3 aromatic rings. The zero-order chi connectivity index (χ0) is 14.7. The van der Waals surface area contributed by atoms with Crippen LogP contribution in [-0.2, 0) is 0 Å². The first-order valence-corrected chi connectivity index (χ1v) is 7.71. The smallest absolute Gasteiger partial charge is 0.0991 e. The van der Waals surface area contributed by atoms with Crippen molar-refractivity contribution in [1.82, 2.24) is 0 Å². The van der Waals surface area contributed by atoms with Gasteiger partial charge in [0.15, 0.2) is 0 Å². The highest BCUT2D eigenvalue weighted by molar-refractivity contribution is 14.1. The van der Waals surface area contributed by atoms with Gasteiger partial charge in [-0.3, -0.25) is 0 Å². The van der Waals surface area contributed by atoms with Gasteiger partial charge in [-0.1, -0.05) is 42.5 Å². The van der Waals surface area contributed by atoms with Crippen molar-refractivity contribution < 1.29 is 0 Å². The molecule has 2 heteroatoms. The van der Waals surface area contributed by atoms with E-state index in [1.165, 1.54) is 14.7 Å². The van der Waals surface area contributed by atoms with Gasteiger partial charge in [-0.2, -0.15) is 5.26 Å². The summed E-state index contributed by atoms with van der Waals surface area (Å²) in [5.41, 5.74) is 5.40. The fraction of sp³-hybridized carbons (Fsp3) is 0. The fourth-order valence-corrected chi connectivity index (χ4v) is 2.83. The highest BCUT2D eigenvalue weighted by atomic mass is 127. The summed E-state index contributed by atoms with van der Waals surface area (Å²) < 4.78 is 1.23. The topological polar surface area (TPSA) is 23.8 Å². The summed E-state index contributed by atoms with van der Waals surface area (Å²) in [6, 6.07) is 26.8. The third kappa shape index (κ3) is 3.14. The molecule has 0 unspecified atom stereocenters. The summed E-state index contributed by atoms with van der Waals surface area (Å²) in [5, 5.41) is 8.87. The zero-order valence-corrected chi connectivity index (χ0v) is 13.4. The Morgan fingerprint density at radius 2 is 1.24 bits per heavy atom. The molecular weight excluding hydrogens is 369 g/mol. The molecule has 1 nitrogen and oxygen atoms in total. The van der Waals surface area contributed by atoms with Crippen molar-refractivity contribution in [3.05, 3.63) is 81.9 Å². The Hall–Kier alpha value is -2.12. The number of rotatable bonds is 2. The molecule has 3 rings (SSSR count). The second kappa shape index (κ2) is 6.11. The van der Waals surface area contributed by atoms with Crippen LogP contribution in [0.15, 0.2) is 72.8 Å². The molecule has 100 valence electrons. The molecule has 3 aromatic carbocycles. The van der Waals surface area contributed by atoms with E-state index in [4.69, 9.17) is 5.26 Å². The van der Waals surface area contributed by atoms with Crippen LogP contribution in [-0.4, -0.2) is 0 Å². The average Bonchev–Trinajstić information content (AvgIpc) is 2.55. The molecule has 0 bridgehead atoms. The minimum absolute atomic E-state index is 0.688. The Morgan fingerprint density at radius 1 is 0.667 bits per heavy atom. The van der Waals surface area contributed by atoms with Gasteiger partial charge in [0.25, 0.3) is 0 Å². The van der Waals surface area contributed by atoms with Gasteiger partial charge in [0.1, 0.15) is 0 Å². The number of benzene rings is 3. The van der Waals surface area contributed by atoms with Crippen LogP contribution in [0.4, 0.5) is 0 Å². The Labute approximate surface area is 138 Å². The minimum Gasteiger partial charge on any atom is -0.192 e. The molecule has 0 aliphatic rings. The first-order valence-electron chi connectivity index (χ1n) is 6.63. The predicted molar refractivity (Wildman–Crippen MR) is 94.7 cm³/mol. The lowest BCUT2D eigenvalue weighted by atomic mass is 9.98. The number of nitrogens with zero attached hydrogens (tertiary/aromatic N) is 1. The Balaban J connectivity index is 2.01. The molecule has 0 N–H and O–H groups in total. The van der Waals surface area contributed by atoms with E-state index >= 15 is 0 Å². The second-order valence-electron chi connectivity index (χ2n) is 4.78. The standard InChI is InChI=1S/C19H12IN/c20-19-6-2-5-18(12-19)17-4-1-3-16(11-17)15-9-7-14(13-21)8-10-15/h1-12H. The highest BCUT2D eigenvalue weighted by Gasteiger charge is 2.02. The normalized spacial score (nSPS) is 10.1. The van der Waals surface area contributed by atoms with Crippen LogP contribution in [0.25, 0.3) is 22.3 Å². The quantitative estimate of drug-likeness (QED) is 0.538. The lowest BCUT2D eigenvalue weighted by Crippen LogP contribution is -1.83. The highest BCUT2D eigenvalue weighted by Crippen LogP contribution is 2.27. The van der Waals surface area contributed by atoms with Gasteiger partial charge in [-0.05, 0) is 75.2 Å². The van der Waals surface area contributed by atoms with Gasteiger partial charge in [0.05, 0.1) is 11.6 Å². The maximum absolute atomic E-state index is 8.87. The molecule has 0 radical (unpaired) electrons. The molecule has 0 saturated carbocycles. The Bertz CT molecular complexity index is 813. The maximum atomic E-state index is 8.87. The summed E-state index contributed by atoms with van der Waals surface area (Å²) in [6.07, 6.45) is 0. The molecular formula is C19H12IN. The SMILES string of the molecule is N#Cc1ccc(-c2cccc(-c3cccc(I)c3)c2)cc1. The molecule has 0 aliphatic carbocycles. The number of halogens is 1. The van der Waals surface area contributed by atoms with Crippen LogP contribution < -0.4 is 0 Å². The lowest BCUT2D eigenvalue weighted by Gasteiger charge is -2.06. The second-order valence-corrected chi connectivity index (χ2v) is 6.03. The molecule has 0 atom stereocenters. The molecule has 0 fully saturated rings. The predicted octanol–water partition coefficient (Wildman–Crippen LogP) is 5.50. The van der Waals surface area contributed by atoms with E-state index < -0.39 is 0 Å². The van der Waals surface area contributed by atoms with Crippen molar-refractivity contribution in [3.63, 3.8) is 0 Å². The monoisotopic (exact) mass is 381 g/mol. The summed E-state index contributed by atoms with van der Waals surface area (Å²) >= 11 is 2.33. The van der Waals surface area contributed by atoms with E-state index in [0.717, 1.165) is 11.1 Å². The number of hydrogen-bond acceptors (Lipinski definition) is 1. The average molecular weight is 381 g/mol. The van der Waals surface area contributed by atoms with Crippen molar-refractivity contribution in [3.8, 4) is 28.3 Å². The van der Waals surface area contributed by atoms with E-state index in [-0.39, 0.29) is 0 Å². The molecule has 0 amide bonds. The maximum Gasteiger partial charge on any atom is 0.0991 e. The van der Waals surface area contributed by atoms with E-state index in [1.807, 2.05) is 24.3 Å². The minimum atomic E-state index is 0.688. The van der Waals surface area contributed by atoms with Crippen molar-refractivity contribution in [2.24, 2.45) is 0 Å².